The van der Waals surface area contributed by atoms with Gasteiger partial charge in [-0.3, -0.25) is 4.79 Å². The minimum Gasteiger partial charge on any atom is -0.490 e. The maximum atomic E-state index is 12.9. The Morgan fingerprint density at radius 1 is 1.09 bits per heavy atom. The van der Waals surface area contributed by atoms with Crippen molar-refractivity contribution in [3.8, 4) is 17.6 Å². The Balaban J connectivity index is 1.89. The van der Waals surface area contributed by atoms with Crippen molar-refractivity contribution in [1.29, 1.82) is 5.26 Å². The minimum atomic E-state index is -0.536. The van der Waals surface area contributed by atoms with Gasteiger partial charge in [-0.05, 0) is 109 Å². The molecule has 180 valence electrons. The summed E-state index contributed by atoms with van der Waals surface area (Å²) in [6.45, 7) is 4.46. The van der Waals surface area contributed by atoms with E-state index in [4.69, 9.17) is 21.1 Å². The van der Waals surface area contributed by atoms with Crippen LogP contribution < -0.4 is 14.8 Å². The summed E-state index contributed by atoms with van der Waals surface area (Å²) in [5, 5.41) is 13.1. The van der Waals surface area contributed by atoms with Crippen molar-refractivity contribution in [2.75, 3.05) is 11.9 Å². The molecule has 0 bridgehead atoms. The number of anilines is 1. The number of carbonyl (C=O) groups is 1. The fraction of sp³-hybridized carbons (Fsp3) is 0.154. The molecule has 35 heavy (non-hydrogen) atoms. The van der Waals surface area contributed by atoms with Crippen LogP contribution in [0.15, 0.2) is 67.5 Å². The monoisotopic (exact) mass is 680 g/mol. The number of hydrogen-bond acceptors (Lipinski definition) is 4. The van der Waals surface area contributed by atoms with Crippen molar-refractivity contribution in [1.82, 2.24) is 0 Å². The highest BCUT2D eigenvalue weighted by Gasteiger charge is 2.17. The standard InChI is InChI=1S/C26H20Br3ClN2O3/c1-3-34-23-12-16(11-21(29)25(23)35-14-17-6-4-5-7-22(17)30)10-18(13-31)26(33)32-24-19(27)8-15(2)9-20(24)28/h4-12H,3,14H2,1-2H3,(H,32,33)/b18-10+. The van der Waals surface area contributed by atoms with Crippen molar-refractivity contribution < 1.29 is 14.3 Å². The molecule has 0 atom stereocenters. The molecule has 0 heterocycles. The van der Waals surface area contributed by atoms with Crippen LogP contribution in [-0.2, 0) is 11.4 Å². The van der Waals surface area contributed by atoms with Gasteiger partial charge in [-0.2, -0.15) is 5.26 Å². The van der Waals surface area contributed by atoms with Crippen LogP contribution in [0, 0.1) is 18.3 Å². The van der Waals surface area contributed by atoms with Crippen molar-refractivity contribution in [2.45, 2.75) is 20.5 Å². The summed E-state index contributed by atoms with van der Waals surface area (Å²) in [5.74, 6) is 0.437. The predicted molar refractivity (Wildman–Crippen MR) is 150 cm³/mol. The first kappa shape index (κ1) is 27.3. The molecule has 0 unspecified atom stereocenters. The number of hydrogen-bond donors (Lipinski definition) is 1. The molecule has 9 heteroatoms. The average molecular weight is 684 g/mol. The number of rotatable bonds is 8. The van der Waals surface area contributed by atoms with Gasteiger partial charge in [-0.15, -0.1) is 0 Å². The molecule has 0 saturated carbocycles. The molecule has 0 aromatic heterocycles. The molecule has 0 aliphatic rings. The lowest BCUT2D eigenvalue weighted by atomic mass is 10.1. The van der Waals surface area contributed by atoms with Crippen LogP contribution in [-0.4, -0.2) is 12.5 Å². The maximum absolute atomic E-state index is 12.9. The molecule has 0 aliphatic heterocycles. The van der Waals surface area contributed by atoms with E-state index in [-0.39, 0.29) is 12.2 Å². The van der Waals surface area contributed by atoms with Crippen LogP contribution in [0.25, 0.3) is 6.08 Å². The summed E-state index contributed by atoms with van der Waals surface area (Å²) < 4.78 is 13.8. The summed E-state index contributed by atoms with van der Waals surface area (Å²) in [4.78, 5) is 12.9. The highest BCUT2D eigenvalue weighted by atomic mass is 79.9. The number of amides is 1. The summed E-state index contributed by atoms with van der Waals surface area (Å²) in [6, 6.07) is 16.6. The summed E-state index contributed by atoms with van der Waals surface area (Å²) >= 11 is 16.7. The van der Waals surface area contributed by atoms with E-state index in [1.807, 2.05) is 50.2 Å². The molecular formula is C26H20Br3ClN2O3. The van der Waals surface area contributed by atoms with E-state index < -0.39 is 5.91 Å². The number of nitrogens with zero attached hydrogens (tertiary/aromatic N) is 1. The van der Waals surface area contributed by atoms with Gasteiger partial charge in [0.1, 0.15) is 18.2 Å². The maximum Gasteiger partial charge on any atom is 0.266 e. The van der Waals surface area contributed by atoms with Crippen molar-refractivity contribution in [2.24, 2.45) is 0 Å². The Kier molecular flexibility index (Phi) is 9.81. The van der Waals surface area contributed by atoms with Gasteiger partial charge < -0.3 is 14.8 Å². The van der Waals surface area contributed by atoms with Crippen molar-refractivity contribution >= 4 is 77.1 Å². The first-order valence-electron chi connectivity index (χ1n) is 10.4. The Hall–Kier alpha value is -2.31. The summed E-state index contributed by atoms with van der Waals surface area (Å²) in [7, 11) is 0. The van der Waals surface area contributed by atoms with E-state index in [0.717, 1.165) is 11.1 Å². The normalized spacial score (nSPS) is 11.1. The third kappa shape index (κ3) is 7.11. The van der Waals surface area contributed by atoms with Crippen molar-refractivity contribution in [3.63, 3.8) is 0 Å². The second kappa shape index (κ2) is 12.6. The molecular weight excluding hydrogens is 663 g/mol. The van der Waals surface area contributed by atoms with Gasteiger partial charge in [-0.1, -0.05) is 29.8 Å². The summed E-state index contributed by atoms with van der Waals surface area (Å²) in [6.07, 6.45) is 1.50. The van der Waals surface area contributed by atoms with Crippen LogP contribution in [0.1, 0.15) is 23.6 Å². The lowest BCUT2D eigenvalue weighted by Gasteiger charge is -2.15. The largest absolute Gasteiger partial charge is 0.490 e. The molecule has 3 rings (SSSR count). The Morgan fingerprint density at radius 2 is 1.77 bits per heavy atom. The van der Waals surface area contributed by atoms with Crippen LogP contribution in [0.3, 0.4) is 0 Å². The third-order valence-electron chi connectivity index (χ3n) is 4.76. The fourth-order valence-electron chi connectivity index (χ4n) is 3.16. The molecule has 0 spiro atoms. The zero-order valence-electron chi connectivity index (χ0n) is 18.8. The quantitative estimate of drug-likeness (QED) is 0.191. The van der Waals surface area contributed by atoms with E-state index in [1.165, 1.54) is 6.08 Å². The second-order valence-electron chi connectivity index (χ2n) is 7.37. The highest BCUT2D eigenvalue weighted by Crippen LogP contribution is 2.38. The van der Waals surface area contributed by atoms with Crippen LogP contribution in [0.4, 0.5) is 5.69 Å². The molecule has 0 saturated heterocycles. The van der Waals surface area contributed by atoms with Gasteiger partial charge in [0.15, 0.2) is 11.5 Å². The van der Waals surface area contributed by atoms with Gasteiger partial charge in [0.2, 0.25) is 0 Å². The molecule has 0 aliphatic carbocycles. The Bertz CT molecular complexity index is 1310. The first-order valence-corrected chi connectivity index (χ1v) is 13.2. The van der Waals surface area contributed by atoms with E-state index in [0.29, 0.717) is 47.8 Å². The van der Waals surface area contributed by atoms with Crippen LogP contribution in [0.2, 0.25) is 5.02 Å². The van der Waals surface area contributed by atoms with E-state index in [9.17, 15) is 10.1 Å². The number of carbonyl (C=O) groups excluding carboxylic acids is 1. The van der Waals surface area contributed by atoms with Gasteiger partial charge in [0.05, 0.1) is 16.8 Å². The van der Waals surface area contributed by atoms with Gasteiger partial charge in [0.25, 0.3) is 5.91 Å². The minimum absolute atomic E-state index is 0.0662. The molecule has 1 N–H and O–H groups in total. The Morgan fingerprint density at radius 3 is 2.40 bits per heavy atom. The average Bonchev–Trinajstić information content (AvgIpc) is 2.80. The highest BCUT2D eigenvalue weighted by molar-refractivity contribution is 9.11. The molecule has 5 nitrogen and oxygen atoms in total. The van der Waals surface area contributed by atoms with E-state index >= 15 is 0 Å². The Labute approximate surface area is 234 Å². The lowest BCUT2D eigenvalue weighted by molar-refractivity contribution is -0.112. The first-order chi connectivity index (χ1) is 16.7. The van der Waals surface area contributed by atoms with Crippen LogP contribution in [0.5, 0.6) is 11.5 Å². The molecule has 1 amide bonds. The third-order valence-corrected chi connectivity index (χ3v) is 6.97. The van der Waals surface area contributed by atoms with Crippen LogP contribution >= 0.6 is 59.4 Å². The van der Waals surface area contributed by atoms with Gasteiger partial charge in [0, 0.05) is 19.5 Å². The fourth-order valence-corrected chi connectivity index (χ4v) is 5.53. The molecule has 3 aromatic rings. The predicted octanol–water partition coefficient (Wildman–Crippen LogP) is 8.46. The smallest absolute Gasteiger partial charge is 0.266 e. The zero-order valence-corrected chi connectivity index (χ0v) is 24.3. The van der Waals surface area contributed by atoms with Gasteiger partial charge >= 0.3 is 0 Å². The number of nitriles is 1. The topological polar surface area (TPSA) is 71.3 Å². The number of aryl methyl sites for hydroxylation is 1. The van der Waals surface area contributed by atoms with Crippen molar-refractivity contribution in [3.05, 3.63) is 89.2 Å². The SMILES string of the molecule is CCOc1cc(/C=C(\C#N)C(=O)Nc2c(Br)cc(C)cc2Br)cc(Br)c1OCc1ccccc1Cl. The summed E-state index contributed by atoms with van der Waals surface area (Å²) in [5.41, 5.74) is 2.93. The number of halogens is 4. The number of benzene rings is 3. The number of ether oxygens (including phenoxy) is 2. The lowest BCUT2D eigenvalue weighted by Crippen LogP contribution is -2.14. The van der Waals surface area contributed by atoms with E-state index in [1.54, 1.807) is 18.2 Å². The molecule has 0 radical (unpaired) electrons. The zero-order chi connectivity index (χ0) is 25.5. The van der Waals surface area contributed by atoms with E-state index in [2.05, 4.69) is 53.1 Å². The van der Waals surface area contributed by atoms with Gasteiger partial charge in [-0.25, -0.2) is 0 Å². The molecule has 3 aromatic carbocycles. The second-order valence-corrected chi connectivity index (χ2v) is 10.3. The molecule has 0 fully saturated rings. The number of nitrogens with one attached hydrogen (secondary N) is 1.